The van der Waals surface area contributed by atoms with Crippen molar-refractivity contribution < 1.29 is 9.59 Å². The van der Waals surface area contributed by atoms with Gasteiger partial charge in [-0.1, -0.05) is 0 Å². The lowest BCUT2D eigenvalue weighted by Gasteiger charge is -2.26. The summed E-state index contributed by atoms with van der Waals surface area (Å²) in [5, 5.41) is 5.13. The Bertz CT molecular complexity index is 316. The Kier molecular flexibility index (Phi) is 2.88. The zero-order valence-corrected chi connectivity index (χ0v) is 9.88. The maximum atomic E-state index is 11.8. The molecule has 1 spiro atoms. The first kappa shape index (κ1) is 11.4. The van der Waals surface area contributed by atoms with Crippen LogP contribution in [0.25, 0.3) is 0 Å². The number of amides is 3. The van der Waals surface area contributed by atoms with Gasteiger partial charge in [0.1, 0.15) is 5.54 Å². The number of rotatable bonds is 1. The molecule has 2 aliphatic rings. The zero-order valence-electron chi connectivity index (χ0n) is 9.88. The van der Waals surface area contributed by atoms with Crippen LogP contribution in [0.4, 0.5) is 4.79 Å². The summed E-state index contributed by atoms with van der Waals surface area (Å²) in [5.41, 5.74) is -0.638. The summed E-state index contributed by atoms with van der Waals surface area (Å²) in [6.07, 6.45) is 2.41. The van der Waals surface area contributed by atoms with Crippen LogP contribution in [0.3, 0.4) is 0 Å². The lowest BCUT2D eigenvalue weighted by Crippen LogP contribution is -2.47. The molecule has 2 heterocycles. The topological polar surface area (TPSA) is 61.4 Å². The van der Waals surface area contributed by atoms with Gasteiger partial charge in [-0.15, -0.1) is 0 Å². The van der Waals surface area contributed by atoms with Gasteiger partial charge in [0.15, 0.2) is 0 Å². The van der Waals surface area contributed by atoms with Crippen molar-refractivity contribution in [3.63, 3.8) is 0 Å². The molecule has 0 aromatic rings. The molecule has 5 nitrogen and oxygen atoms in total. The molecule has 0 aromatic carbocycles. The van der Waals surface area contributed by atoms with E-state index in [4.69, 9.17) is 0 Å². The van der Waals surface area contributed by atoms with Crippen LogP contribution in [0.1, 0.15) is 33.1 Å². The second-order valence-corrected chi connectivity index (χ2v) is 4.97. The first-order chi connectivity index (χ1) is 7.53. The van der Waals surface area contributed by atoms with E-state index in [-0.39, 0.29) is 11.9 Å². The van der Waals surface area contributed by atoms with Crippen molar-refractivity contribution in [1.82, 2.24) is 15.5 Å². The average molecular weight is 225 g/mol. The van der Waals surface area contributed by atoms with Gasteiger partial charge < -0.3 is 10.2 Å². The number of urea groups is 1. The van der Waals surface area contributed by atoms with Gasteiger partial charge in [-0.25, -0.2) is 4.79 Å². The molecule has 0 saturated carbocycles. The van der Waals surface area contributed by atoms with Crippen LogP contribution < -0.4 is 10.6 Å². The van der Waals surface area contributed by atoms with Crippen LogP contribution in [0, 0.1) is 0 Å². The summed E-state index contributed by atoms with van der Waals surface area (Å²) >= 11 is 0. The summed E-state index contributed by atoms with van der Waals surface area (Å²) in [5.74, 6) is -0.150. The molecular weight excluding hydrogens is 206 g/mol. The molecule has 2 N–H and O–H groups in total. The van der Waals surface area contributed by atoms with Gasteiger partial charge in [0.05, 0.1) is 0 Å². The van der Waals surface area contributed by atoms with Crippen LogP contribution in [-0.4, -0.2) is 41.5 Å². The van der Waals surface area contributed by atoms with Crippen LogP contribution in [0.15, 0.2) is 0 Å². The average Bonchev–Trinajstić information content (AvgIpc) is 2.37. The first-order valence-corrected chi connectivity index (χ1v) is 5.91. The molecule has 1 unspecified atom stereocenters. The lowest BCUT2D eigenvalue weighted by atomic mass is 9.91. The molecule has 2 fully saturated rings. The number of nitrogens with one attached hydrogen (secondary N) is 2. The van der Waals surface area contributed by atoms with Gasteiger partial charge in [-0.3, -0.25) is 10.1 Å². The third-order valence-corrected chi connectivity index (χ3v) is 3.62. The van der Waals surface area contributed by atoms with E-state index in [1.807, 2.05) is 0 Å². The number of nitrogens with zero attached hydrogens (tertiary/aromatic N) is 1. The third-order valence-electron chi connectivity index (χ3n) is 3.62. The monoisotopic (exact) mass is 225 g/mol. The van der Waals surface area contributed by atoms with Crippen molar-refractivity contribution in [2.24, 2.45) is 0 Å². The molecule has 3 amide bonds. The SMILES string of the molecule is CC(C)N1CCCC2(CC1)NC(=O)NC2=O. The van der Waals surface area contributed by atoms with Crippen LogP contribution in [-0.2, 0) is 4.79 Å². The Morgan fingerprint density at radius 2 is 2.00 bits per heavy atom. The molecule has 1 atom stereocenters. The van der Waals surface area contributed by atoms with Gasteiger partial charge >= 0.3 is 6.03 Å². The van der Waals surface area contributed by atoms with E-state index in [0.29, 0.717) is 12.5 Å². The molecule has 0 bridgehead atoms. The smallest absolute Gasteiger partial charge is 0.322 e. The van der Waals surface area contributed by atoms with Gasteiger partial charge in [0.2, 0.25) is 0 Å². The molecular formula is C11H19N3O2. The fraction of sp³-hybridized carbons (Fsp3) is 0.818. The number of imide groups is 1. The van der Waals surface area contributed by atoms with Gasteiger partial charge in [0, 0.05) is 12.6 Å². The van der Waals surface area contributed by atoms with Crippen LogP contribution in [0.5, 0.6) is 0 Å². The third kappa shape index (κ3) is 1.91. The number of carbonyl (C=O) groups excluding carboxylic acids is 2. The fourth-order valence-corrected chi connectivity index (χ4v) is 2.55. The maximum Gasteiger partial charge on any atom is 0.322 e. The molecule has 16 heavy (non-hydrogen) atoms. The number of likely N-dealkylation sites (tertiary alicyclic amines) is 1. The molecule has 2 aliphatic heterocycles. The van der Waals surface area contributed by atoms with Gasteiger partial charge in [0.25, 0.3) is 5.91 Å². The van der Waals surface area contributed by atoms with Crippen molar-refractivity contribution >= 4 is 11.9 Å². The van der Waals surface area contributed by atoms with Crippen molar-refractivity contribution in [3.8, 4) is 0 Å². The molecule has 2 saturated heterocycles. The quantitative estimate of drug-likeness (QED) is 0.637. The zero-order chi connectivity index (χ0) is 11.8. The Morgan fingerprint density at radius 3 is 2.56 bits per heavy atom. The summed E-state index contributed by atoms with van der Waals surface area (Å²) in [7, 11) is 0. The van der Waals surface area contributed by atoms with Crippen molar-refractivity contribution in [3.05, 3.63) is 0 Å². The number of hydrogen-bond donors (Lipinski definition) is 2. The number of carbonyl (C=O) groups is 2. The van der Waals surface area contributed by atoms with E-state index in [2.05, 4.69) is 29.4 Å². The molecule has 90 valence electrons. The van der Waals surface area contributed by atoms with E-state index in [1.165, 1.54) is 0 Å². The number of hydrogen-bond acceptors (Lipinski definition) is 3. The Hall–Kier alpha value is -1.10. The summed E-state index contributed by atoms with van der Waals surface area (Å²) in [4.78, 5) is 25.3. The minimum atomic E-state index is -0.638. The van der Waals surface area contributed by atoms with Crippen molar-refractivity contribution in [2.75, 3.05) is 13.1 Å². The highest BCUT2D eigenvalue weighted by Gasteiger charge is 2.46. The molecule has 0 radical (unpaired) electrons. The molecule has 5 heteroatoms. The highest BCUT2D eigenvalue weighted by Crippen LogP contribution is 2.26. The lowest BCUT2D eigenvalue weighted by molar-refractivity contribution is -0.124. The highest BCUT2D eigenvalue weighted by atomic mass is 16.2. The van der Waals surface area contributed by atoms with E-state index < -0.39 is 5.54 Å². The normalized spacial score (nSPS) is 31.7. The predicted molar refractivity (Wildman–Crippen MR) is 60.0 cm³/mol. The Labute approximate surface area is 95.6 Å². The largest absolute Gasteiger partial charge is 0.323 e. The fourth-order valence-electron chi connectivity index (χ4n) is 2.55. The van der Waals surface area contributed by atoms with Crippen LogP contribution >= 0.6 is 0 Å². The predicted octanol–water partition coefficient (Wildman–Crippen LogP) is 0.459. The minimum absolute atomic E-state index is 0.150. The van der Waals surface area contributed by atoms with Gasteiger partial charge in [-0.2, -0.15) is 0 Å². The second-order valence-electron chi connectivity index (χ2n) is 4.97. The summed E-state index contributed by atoms with van der Waals surface area (Å²) in [6.45, 7) is 6.19. The van der Waals surface area contributed by atoms with Crippen molar-refractivity contribution in [2.45, 2.75) is 44.7 Å². The summed E-state index contributed by atoms with van der Waals surface area (Å²) < 4.78 is 0. The molecule has 2 rings (SSSR count). The Balaban J connectivity index is 2.08. The first-order valence-electron chi connectivity index (χ1n) is 5.91. The standard InChI is InChI=1S/C11H19N3O2/c1-8(2)14-6-3-4-11(5-7-14)9(15)12-10(16)13-11/h8H,3-7H2,1-2H3,(H2,12,13,15,16). The molecule has 0 aromatic heterocycles. The maximum absolute atomic E-state index is 11.8. The second kappa shape index (κ2) is 4.05. The van der Waals surface area contributed by atoms with Gasteiger partial charge in [-0.05, 0) is 39.7 Å². The van der Waals surface area contributed by atoms with E-state index >= 15 is 0 Å². The minimum Gasteiger partial charge on any atom is -0.323 e. The van der Waals surface area contributed by atoms with E-state index in [0.717, 1.165) is 25.9 Å². The summed E-state index contributed by atoms with van der Waals surface area (Å²) in [6, 6.07) is 0.151. The molecule has 0 aliphatic carbocycles. The van der Waals surface area contributed by atoms with E-state index in [9.17, 15) is 9.59 Å². The van der Waals surface area contributed by atoms with Crippen LogP contribution in [0.2, 0.25) is 0 Å². The Morgan fingerprint density at radius 1 is 1.25 bits per heavy atom. The highest BCUT2D eigenvalue weighted by molar-refractivity contribution is 6.07. The van der Waals surface area contributed by atoms with E-state index in [1.54, 1.807) is 0 Å². The van der Waals surface area contributed by atoms with Crippen molar-refractivity contribution in [1.29, 1.82) is 0 Å².